The van der Waals surface area contributed by atoms with Gasteiger partial charge in [-0.25, -0.2) is 14.4 Å². The monoisotopic (exact) mass is 610 g/mol. The van der Waals surface area contributed by atoms with Gasteiger partial charge < -0.3 is 19.8 Å². The number of aromatic nitrogens is 4. The Morgan fingerprint density at radius 3 is 1.78 bits per heavy atom. The van der Waals surface area contributed by atoms with Crippen LogP contribution in [0.5, 0.6) is 0 Å². The number of hydrogen-bond donors (Lipinski definition) is 2. The highest BCUT2D eigenvalue weighted by molar-refractivity contribution is 5.78. The number of nitrogens with zero attached hydrogens (tertiary/aromatic N) is 4. The molecule has 2 atom stereocenters. The van der Waals surface area contributed by atoms with Gasteiger partial charge in [-0.2, -0.15) is 0 Å². The molecule has 2 N–H and O–H groups in total. The van der Waals surface area contributed by atoms with Gasteiger partial charge in [0.15, 0.2) is 0 Å². The first-order chi connectivity index (χ1) is 21.7. The molecule has 2 aliphatic heterocycles. The van der Waals surface area contributed by atoms with Crippen LogP contribution in [0, 0.1) is 17.7 Å². The van der Waals surface area contributed by atoms with E-state index in [1.165, 1.54) is 0 Å². The van der Waals surface area contributed by atoms with Gasteiger partial charge in [0.1, 0.15) is 17.5 Å². The van der Waals surface area contributed by atoms with E-state index in [0.29, 0.717) is 41.8 Å². The van der Waals surface area contributed by atoms with Crippen LogP contribution in [0.15, 0.2) is 54.9 Å². The van der Waals surface area contributed by atoms with Crippen molar-refractivity contribution < 1.29 is 14.0 Å². The van der Waals surface area contributed by atoms with Crippen LogP contribution in [0.25, 0.3) is 33.6 Å². The number of aromatic amines is 2. The summed E-state index contributed by atoms with van der Waals surface area (Å²) in [6.07, 6.45) is 8.24. The van der Waals surface area contributed by atoms with E-state index in [2.05, 4.69) is 33.8 Å². The summed E-state index contributed by atoms with van der Waals surface area (Å²) in [4.78, 5) is 45.4. The van der Waals surface area contributed by atoms with Crippen molar-refractivity contribution in [3.8, 4) is 33.6 Å². The summed E-state index contributed by atoms with van der Waals surface area (Å²) in [7, 11) is 0. The standard InChI is InChI=1S/C36H43FN6O2/c1-22(2)17-33(44)42-15-5-7-31(42)35-38-20-29(40-35)25-11-9-24(10-12-25)26-13-14-27(28(37)19-26)30-21-39-36(41-30)32-8-6-16-43(32)34(45)18-23(3)4/h9-14,19-23,31-32H,5-8,15-18H2,1-4H3,(H,38,40)(H,39,41)/t31-,32-/m0/s1. The van der Waals surface area contributed by atoms with Gasteiger partial charge in [0.05, 0.1) is 35.9 Å². The quantitative estimate of drug-likeness (QED) is 0.203. The Bertz CT molecular complexity index is 1660. The molecule has 2 amide bonds. The predicted molar refractivity (Wildman–Crippen MR) is 173 cm³/mol. The van der Waals surface area contributed by atoms with Crippen molar-refractivity contribution in [1.29, 1.82) is 0 Å². The summed E-state index contributed by atoms with van der Waals surface area (Å²) < 4.78 is 15.5. The van der Waals surface area contributed by atoms with Gasteiger partial charge in [0.2, 0.25) is 11.8 Å². The first-order valence-corrected chi connectivity index (χ1v) is 16.3. The molecule has 0 saturated carbocycles. The molecule has 6 rings (SSSR count). The van der Waals surface area contributed by atoms with Crippen LogP contribution >= 0.6 is 0 Å². The van der Waals surface area contributed by atoms with Gasteiger partial charge in [-0.3, -0.25) is 9.59 Å². The Morgan fingerprint density at radius 2 is 1.24 bits per heavy atom. The number of likely N-dealkylation sites (tertiary alicyclic amines) is 2. The highest BCUT2D eigenvalue weighted by Crippen LogP contribution is 2.35. The van der Waals surface area contributed by atoms with Crippen LogP contribution in [-0.2, 0) is 9.59 Å². The second kappa shape index (κ2) is 13.0. The average Bonchev–Trinajstić information content (AvgIpc) is 3.82. The van der Waals surface area contributed by atoms with Crippen molar-refractivity contribution in [2.24, 2.45) is 11.8 Å². The van der Waals surface area contributed by atoms with E-state index in [1.54, 1.807) is 18.3 Å². The molecule has 0 radical (unpaired) electrons. The molecule has 4 aromatic rings. The van der Waals surface area contributed by atoms with E-state index in [1.807, 2.05) is 60.2 Å². The molecule has 0 unspecified atom stereocenters. The lowest BCUT2D eigenvalue weighted by molar-refractivity contribution is -0.133. The maximum atomic E-state index is 15.5. The number of amides is 2. The Balaban J connectivity index is 1.14. The minimum Gasteiger partial charge on any atom is -0.340 e. The molecule has 4 heterocycles. The Morgan fingerprint density at radius 1 is 0.756 bits per heavy atom. The summed E-state index contributed by atoms with van der Waals surface area (Å²) in [6.45, 7) is 9.74. The molecular weight excluding hydrogens is 567 g/mol. The number of halogens is 1. The van der Waals surface area contributed by atoms with E-state index in [-0.39, 0.29) is 29.7 Å². The summed E-state index contributed by atoms with van der Waals surface area (Å²) in [5.41, 5.74) is 4.60. The maximum Gasteiger partial charge on any atom is 0.223 e. The van der Waals surface area contributed by atoms with E-state index in [9.17, 15) is 9.59 Å². The lowest BCUT2D eigenvalue weighted by Crippen LogP contribution is -2.31. The van der Waals surface area contributed by atoms with Crippen molar-refractivity contribution in [3.05, 3.63) is 72.3 Å². The van der Waals surface area contributed by atoms with Crippen molar-refractivity contribution in [1.82, 2.24) is 29.7 Å². The van der Waals surface area contributed by atoms with Crippen LogP contribution in [-0.4, -0.2) is 54.6 Å². The third kappa shape index (κ3) is 6.58. The molecule has 45 heavy (non-hydrogen) atoms. The van der Waals surface area contributed by atoms with E-state index in [0.717, 1.165) is 67.0 Å². The minimum atomic E-state index is -0.336. The van der Waals surface area contributed by atoms with Gasteiger partial charge in [-0.1, -0.05) is 58.0 Å². The van der Waals surface area contributed by atoms with Crippen LogP contribution in [0.1, 0.15) is 90.0 Å². The van der Waals surface area contributed by atoms with Crippen molar-refractivity contribution in [2.45, 2.75) is 78.3 Å². The fourth-order valence-electron chi connectivity index (χ4n) is 6.68. The number of carbonyl (C=O) groups is 2. The van der Waals surface area contributed by atoms with Crippen molar-refractivity contribution in [2.75, 3.05) is 13.1 Å². The SMILES string of the molecule is CC(C)CC(=O)N1CCC[C@H]1c1ncc(-c2ccc(-c3ccc(-c4cnc([C@@H]5CCCN5C(=O)CC(C)C)[nH]4)c(F)c3)cc2)[nH]1. The Hall–Kier alpha value is -4.27. The number of nitrogens with one attached hydrogen (secondary N) is 2. The van der Waals surface area contributed by atoms with Crippen molar-refractivity contribution in [3.63, 3.8) is 0 Å². The molecule has 2 aromatic carbocycles. The Labute approximate surface area is 264 Å². The largest absolute Gasteiger partial charge is 0.340 e. The van der Waals surface area contributed by atoms with Crippen molar-refractivity contribution >= 4 is 11.8 Å². The number of imidazole rings is 2. The fourth-order valence-corrected chi connectivity index (χ4v) is 6.68. The molecule has 2 fully saturated rings. The van der Waals surface area contributed by atoms with Gasteiger partial charge in [-0.15, -0.1) is 0 Å². The lowest BCUT2D eigenvalue weighted by Gasteiger charge is -2.24. The molecule has 0 spiro atoms. The zero-order valence-electron chi connectivity index (χ0n) is 26.6. The van der Waals surface area contributed by atoms with Gasteiger partial charge in [0.25, 0.3) is 0 Å². The normalized spacial score (nSPS) is 18.5. The zero-order chi connectivity index (χ0) is 31.7. The molecule has 236 valence electrons. The first-order valence-electron chi connectivity index (χ1n) is 16.3. The second-order valence-corrected chi connectivity index (χ2v) is 13.3. The lowest BCUT2D eigenvalue weighted by atomic mass is 10.0. The maximum absolute atomic E-state index is 15.5. The van der Waals surface area contributed by atoms with Crippen LogP contribution in [0.4, 0.5) is 4.39 Å². The highest BCUT2D eigenvalue weighted by atomic mass is 19.1. The summed E-state index contributed by atoms with van der Waals surface area (Å²) in [5, 5.41) is 0. The van der Waals surface area contributed by atoms with E-state index in [4.69, 9.17) is 0 Å². The van der Waals surface area contributed by atoms with E-state index < -0.39 is 0 Å². The van der Waals surface area contributed by atoms with Gasteiger partial charge in [0, 0.05) is 31.5 Å². The summed E-state index contributed by atoms with van der Waals surface area (Å²) in [5.74, 6) is 2.16. The number of hydrogen-bond acceptors (Lipinski definition) is 4. The molecule has 9 heteroatoms. The molecule has 0 aliphatic carbocycles. The third-order valence-electron chi connectivity index (χ3n) is 8.92. The highest BCUT2D eigenvalue weighted by Gasteiger charge is 2.33. The fraction of sp³-hybridized carbons (Fsp3) is 0.444. The smallest absolute Gasteiger partial charge is 0.223 e. The van der Waals surface area contributed by atoms with Crippen LogP contribution in [0.2, 0.25) is 0 Å². The Kier molecular flexibility index (Phi) is 8.88. The average molecular weight is 611 g/mol. The number of H-pyrrole nitrogens is 2. The number of benzene rings is 2. The molecule has 2 aromatic heterocycles. The topological polar surface area (TPSA) is 98.0 Å². The number of rotatable bonds is 9. The van der Waals surface area contributed by atoms with Gasteiger partial charge >= 0.3 is 0 Å². The van der Waals surface area contributed by atoms with Gasteiger partial charge in [-0.05, 0) is 66.3 Å². The minimum absolute atomic E-state index is 0.0128. The third-order valence-corrected chi connectivity index (χ3v) is 8.92. The van der Waals surface area contributed by atoms with E-state index >= 15 is 4.39 Å². The molecular formula is C36H43FN6O2. The molecule has 8 nitrogen and oxygen atoms in total. The predicted octanol–water partition coefficient (Wildman–Crippen LogP) is 7.69. The van der Waals surface area contributed by atoms with Crippen LogP contribution in [0.3, 0.4) is 0 Å². The first kappa shape index (κ1) is 30.7. The summed E-state index contributed by atoms with van der Waals surface area (Å²) in [6, 6.07) is 13.1. The number of carbonyl (C=O) groups excluding carboxylic acids is 2. The molecule has 2 saturated heterocycles. The second-order valence-electron chi connectivity index (χ2n) is 13.3. The molecule has 0 bridgehead atoms. The summed E-state index contributed by atoms with van der Waals surface area (Å²) >= 11 is 0. The molecule has 2 aliphatic rings. The van der Waals surface area contributed by atoms with Crippen LogP contribution < -0.4 is 0 Å². The zero-order valence-corrected chi connectivity index (χ0v) is 26.6.